The van der Waals surface area contributed by atoms with Crippen molar-refractivity contribution in [2.45, 2.75) is 19.3 Å². The molecule has 0 saturated carbocycles. The molecular formula is C23H22N6O. The van der Waals surface area contributed by atoms with Crippen molar-refractivity contribution in [2.75, 3.05) is 28.6 Å². The normalized spacial score (nSPS) is 13.4. The van der Waals surface area contributed by atoms with Gasteiger partial charge in [-0.05, 0) is 67.8 Å². The third-order valence-electron chi connectivity index (χ3n) is 5.02. The van der Waals surface area contributed by atoms with Crippen molar-refractivity contribution in [3.63, 3.8) is 0 Å². The van der Waals surface area contributed by atoms with Crippen molar-refractivity contribution in [1.82, 2.24) is 9.97 Å². The second kappa shape index (κ2) is 9.05. The number of carbonyl (C=O) groups is 1. The quantitative estimate of drug-likeness (QED) is 0.664. The molecule has 0 unspecified atom stereocenters. The third kappa shape index (κ3) is 4.73. The van der Waals surface area contributed by atoms with Gasteiger partial charge in [-0.25, -0.2) is 9.97 Å². The number of carbonyl (C=O) groups excluding carboxylic acids is 1. The van der Waals surface area contributed by atoms with E-state index in [0.29, 0.717) is 11.4 Å². The van der Waals surface area contributed by atoms with Crippen LogP contribution in [0.25, 0.3) is 0 Å². The highest BCUT2D eigenvalue weighted by atomic mass is 16.1. The van der Waals surface area contributed by atoms with Crippen LogP contribution >= 0.6 is 0 Å². The monoisotopic (exact) mass is 398 g/mol. The Morgan fingerprint density at radius 3 is 2.23 bits per heavy atom. The Hall–Kier alpha value is -3.92. The highest BCUT2D eigenvalue weighted by Crippen LogP contribution is 2.22. The first kappa shape index (κ1) is 19.4. The number of hydrogen-bond acceptors (Lipinski definition) is 6. The van der Waals surface area contributed by atoms with E-state index in [1.54, 1.807) is 24.3 Å². The summed E-state index contributed by atoms with van der Waals surface area (Å²) in [6.07, 6.45) is 6.70. The maximum atomic E-state index is 12.5. The largest absolute Gasteiger partial charge is 0.372 e. The summed E-state index contributed by atoms with van der Waals surface area (Å²) in [6.45, 7) is 2.17. The zero-order valence-electron chi connectivity index (χ0n) is 16.5. The molecule has 3 aromatic rings. The van der Waals surface area contributed by atoms with E-state index in [4.69, 9.17) is 5.26 Å². The predicted octanol–water partition coefficient (Wildman–Crippen LogP) is 4.33. The fourth-order valence-electron chi connectivity index (χ4n) is 3.39. The van der Waals surface area contributed by atoms with Crippen LogP contribution in [-0.4, -0.2) is 29.0 Å². The molecule has 0 bridgehead atoms. The van der Waals surface area contributed by atoms with Gasteiger partial charge in [-0.1, -0.05) is 0 Å². The Balaban J connectivity index is 1.35. The molecule has 1 saturated heterocycles. The van der Waals surface area contributed by atoms with Crippen molar-refractivity contribution >= 4 is 28.8 Å². The fraction of sp³-hybridized carbons (Fsp3) is 0.217. The predicted molar refractivity (Wildman–Crippen MR) is 117 cm³/mol. The smallest absolute Gasteiger partial charge is 0.275 e. The highest BCUT2D eigenvalue weighted by molar-refractivity contribution is 6.02. The second-order valence-corrected chi connectivity index (χ2v) is 7.15. The van der Waals surface area contributed by atoms with E-state index >= 15 is 0 Å². The molecule has 1 aromatic heterocycles. The van der Waals surface area contributed by atoms with E-state index in [2.05, 4.69) is 31.6 Å². The van der Waals surface area contributed by atoms with Gasteiger partial charge in [0.05, 0.1) is 24.0 Å². The lowest BCUT2D eigenvalue weighted by molar-refractivity contribution is 0.102. The number of rotatable bonds is 5. The fourth-order valence-corrected chi connectivity index (χ4v) is 3.39. The molecule has 2 heterocycles. The third-order valence-corrected chi connectivity index (χ3v) is 5.02. The van der Waals surface area contributed by atoms with Crippen LogP contribution < -0.4 is 15.5 Å². The topological polar surface area (TPSA) is 93.9 Å². The molecule has 0 spiro atoms. The summed E-state index contributed by atoms with van der Waals surface area (Å²) >= 11 is 0. The van der Waals surface area contributed by atoms with Gasteiger partial charge >= 0.3 is 0 Å². The molecule has 2 N–H and O–H groups in total. The van der Waals surface area contributed by atoms with E-state index in [9.17, 15) is 4.79 Å². The van der Waals surface area contributed by atoms with Crippen LogP contribution in [0, 0.1) is 11.3 Å². The Morgan fingerprint density at radius 2 is 1.60 bits per heavy atom. The molecule has 1 aliphatic heterocycles. The lowest BCUT2D eigenvalue weighted by atomic mass is 10.1. The number of aromatic nitrogens is 2. The molecule has 0 radical (unpaired) electrons. The van der Waals surface area contributed by atoms with E-state index in [-0.39, 0.29) is 11.6 Å². The minimum absolute atomic E-state index is 0.237. The number of hydrogen-bond donors (Lipinski definition) is 2. The number of benzene rings is 2. The molecule has 2 aromatic carbocycles. The maximum Gasteiger partial charge on any atom is 0.275 e. The van der Waals surface area contributed by atoms with Gasteiger partial charge in [-0.3, -0.25) is 4.79 Å². The van der Waals surface area contributed by atoms with Crippen LogP contribution in [0.4, 0.5) is 22.9 Å². The van der Waals surface area contributed by atoms with Crippen molar-refractivity contribution in [2.24, 2.45) is 0 Å². The lowest BCUT2D eigenvalue weighted by Gasteiger charge is -2.28. The first-order valence-corrected chi connectivity index (χ1v) is 9.97. The Bertz CT molecular complexity index is 1030. The summed E-state index contributed by atoms with van der Waals surface area (Å²) in [6, 6.07) is 17.0. The lowest BCUT2D eigenvalue weighted by Crippen LogP contribution is -2.29. The molecule has 7 nitrogen and oxygen atoms in total. The molecule has 150 valence electrons. The van der Waals surface area contributed by atoms with E-state index in [0.717, 1.165) is 24.5 Å². The highest BCUT2D eigenvalue weighted by Gasteiger charge is 2.12. The van der Waals surface area contributed by atoms with Gasteiger partial charge in [0.1, 0.15) is 11.5 Å². The number of nitrogens with one attached hydrogen (secondary N) is 2. The SMILES string of the molecule is N#Cc1ccc(Nc2cnc(C(=O)Nc3ccc(N4CCCCC4)cc3)cn2)cc1. The van der Waals surface area contributed by atoms with Crippen molar-refractivity contribution < 1.29 is 4.79 Å². The van der Waals surface area contributed by atoms with Crippen LogP contribution in [0.5, 0.6) is 0 Å². The number of nitrogens with zero attached hydrogens (tertiary/aromatic N) is 4. The summed E-state index contributed by atoms with van der Waals surface area (Å²) in [4.78, 5) is 23.3. The van der Waals surface area contributed by atoms with Gasteiger partial charge in [0.2, 0.25) is 0 Å². The van der Waals surface area contributed by atoms with Gasteiger partial charge in [0.15, 0.2) is 0 Å². The van der Waals surface area contributed by atoms with Crippen LogP contribution in [0.15, 0.2) is 60.9 Å². The van der Waals surface area contributed by atoms with Crippen molar-refractivity contribution in [1.29, 1.82) is 5.26 Å². The molecule has 4 rings (SSSR count). The van der Waals surface area contributed by atoms with E-state index in [1.165, 1.54) is 37.3 Å². The molecular weight excluding hydrogens is 376 g/mol. The maximum absolute atomic E-state index is 12.5. The standard InChI is InChI=1S/C23H22N6O/c24-14-17-4-6-18(7-5-17)27-22-16-25-21(15-26-22)23(30)28-19-8-10-20(11-9-19)29-12-2-1-3-13-29/h4-11,15-16H,1-3,12-13H2,(H,26,27)(H,28,30). The first-order valence-electron chi connectivity index (χ1n) is 9.97. The molecule has 1 fully saturated rings. The number of amides is 1. The Labute approximate surface area is 175 Å². The first-order chi connectivity index (χ1) is 14.7. The van der Waals surface area contributed by atoms with Gasteiger partial charge in [-0.15, -0.1) is 0 Å². The molecule has 7 heteroatoms. The van der Waals surface area contributed by atoms with Crippen LogP contribution in [-0.2, 0) is 0 Å². The number of anilines is 4. The zero-order chi connectivity index (χ0) is 20.8. The number of nitriles is 1. The molecule has 1 amide bonds. The van der Waals surface area contributed by atoms with E-state index < -0.39 is 0 Å². The van der Waals surface area contributed by atoms with E-state index in [1.807, 2.05) is 24.3 Å². The molecule has 0 atom stereocenters. The van der Waals surface area contributed by atoms with Crippen LogP contribution in [0.1, 0.15) is 35.3 Å². The Kier molecular flexibility index (Phi) is 5.85. The van der Waals surface area contributed by atoms with Gasteiger partial charge in [0, 0.05) is 30.2 Å². The van der Waals surface area contributed by atoms with Gasteiger partial charge < -0.3 is 15.5 Å². The Morgan fingerprint density at radius 1 is 0.900 bits per heavy atom. The van der Waals surface area contributed by atoms with Gasteiger partial charge in [0.25, 0.3) is 5.91 Å². The molecule has 0 aliphatic carbocycles. The average molecular weight is 398 g/mol. The molecule has 30 heavy (non-hydrogen) atoms. The van der Waals surface area contributed by atoms with Gasteiger partial charge in [-0.2, -0.15) is 5.26 Å². The average Bonchev–Trinajstić information content (AvgIpc) is 2.81. The van der Waals surface area contributed by atoms with Crippen LogP contribution in [0.3, 0.4) is 0 Å². The summed E-state index contributed by atoms with van der Waals surface area (Å²) in [5.74, 6) is 0.209. The van der Waals surface area contributed by atoms with Crippen LogP contribution in [0.2, 0.25) is 0 Å². The summed E-state index contributed by atoms with van der Waals surface area (Å²) in [5, 5.41) is 14.8. The minimum atomic E-state index is -0.307. The van der Waals surface area contributed by atoms with Crippen molar-refractivity contribution in [3.8, 4) is 6.07 Å². The van der Waals surface area contributed by atoms with Crippen molar-refractivity contribution in [3.05, 3.63) is 72.2 Å². The molecule has 1 aliphatic rings. The summed E-state index contributed by atoms with van der Waals surface area (Å²) in [5.41, 5.74) is 3.52. The summed E-state index contributed by atoms with van der Waals surface area (Å²) in [7, 11) is 0. The zero-order valence-corrected chi connectivity index (χ0v) is 16.5. The number of piperidine rings is 1. The summed E-state index contributed by atoms with van der Waals surface area (Å²) < 4.78 is 0. The second-order valence-electron chi connectivity index (χ2n) is 7.15. The minimum Gasteiger partial charge on any atom is -0.372 e.